The van der Waals surface area contributed by atoms with E-state index in [1.165, 1.54) is 11.4 Å². The van der Waals surface area contributed by atoms with Crippen molar-refractivity contribution in [2.45, 2.75) is 31.5 Å². The molecule has 0 unspecified atom stereocenters. The fourth-order valence-corrected chi connectivity index (χ4v) is 0.519. The average Bonchev–Trinajstić information content (AvgIpc) is 2.01. The summed E-state index contributed by atoms with van der Waals surface area (Å²) in [6.45, 7) is 1.99. The third-order valence-corrected chi connectivity index (χ3v) is 1.35. The molecule has 0 aliphatic carbocycles. The van der Waals surface area contributed by atoms with Crippen LogP contribution >= 0.6 is 0 Å². The van der Waals surface area contributed by atoms with Crippen LogP contribution in [-0.2, 0) is 4.79 Å². The molecule has 0 fully saturated rings. The molecule has 1 N–H and O–H groups in total. The van der Waals surface area contributed by atoms with Gasteiger partial charge in [0.1, 0.15) is 5.54 Å². The van der Waals surface area contributed by atoms with Crippen molar-refractivity contribution >= 4 is 5.91 Å². The van der Waals surface area contributed by atoms with Crippen LogP contribution in [0.5, 0.6) is 0 Å². The first-order chi connectivity index (χ1) is 6.44. The Kier molecular flexibility index (Phi) is 3.30. The van der Waals surface area contributed by atoms with E-state index < -0.39 is 23.5 Å². The Labute approximate surface area is 81.9 Å². The largest absolute Gasteiger partial charge is 0.463 e. The average molecular weight is 230 g/mol. The van der Waals surface area contributed by atoms with E-state index in [0.717, 1.165) is 13.8 Å². The van der Waals surface area contributed by atoms with E-state index in [4.69, 9.17) is 5.26 Å². The molecule has 0 saturated heterocycles. The van der Waals surface area contributed by atoms with E-state index in [1.807, 2.05) is 0 Å². The zero-order chi connectivity index (χ0) is 12.5. The minimum absolute atomic E-state index is 0.997. The molecule has 0 aromatic carbocycles. The summed E-state index contributed by atoms with van der Waals surface area (Å²) in [5, 5.41) is 9.60. The number of rotatable bonds is 2. The third-order valence-electron chi connectivity index (χ3n) is 1.35. The van der Waals surface area contributed by atoms with E-state index in [1.54, 1.807) is 0 Å². The molecule has 15 heavy (non-hydrogen) atoms. The van der Waals surface area contributed by atoms with Gasteiger partial charge in [0.05, 0.1) is 6.07 Å². The highest BCUT2D eigenvalue weighted by molar-refractivity contribution is 5.85. The number of halogens is 5. The van der Waals surface area contributed by atoms with Crippen LogP contribution in [0.25, 0.3) is 0 Å². The van der Waals surface area contributed by atoms with Gasteiger partial charge >= 0.3 is 18.0 Å². The zero-order valence-electron chi connectivity index (χ0n) is 7.75. The molecule has 0 rings (SSSR count). The number of carbonyl (C=O) groups is 1. The summed E-state index contributed by atoms with van der Waals surface area (Å²) in [6.07, 6.45) is -5.97. The molecule has 0 bridgehead atoms. The zero-order valence-corrected chi connectivity index (χ0v) is 7.75. The van der Waals surface area contributed by atoms with Gasteiger partial charge in [-0.2, -0.15) is 27.2 Å². The monoisotopic (exact) mass is 230 g/mol. The van der Waals surface area contributed by atoms with E-state index in [2.05, 4.69) is 0 Å². The van der Waals surface area contributed by atoms with Crippen LogP contribution in [0, 0.1) is 11.3 Å². The molecule has 0 heterocycles. The first kappa shape index (κ1) is 13.6. The SMILES string of the molecule is CC(C)(C#N)NC(=O)C(F)(F)C(F)(F)F. The van der Waals surface area contributed by atoms with Gasteiger partial charge in [-0.15, -0.1) is 0 Å². The number of carbonyl (C=O) groups excluding carboxylic acids is 1. The molecular formula is C7H7F5N2O. The number of nitriles is 1. The molecule has 0 aromatic heterocycles. The van der Waals surface area contributed by atoms with Crippen molar-refractivity contribution in [3.8, 4) is 6.07 Å². The van der Waals surface area contributed by atoms with Gasteiger partial charge in [0.25, 0.3) is 0 Å². The van der Waals surface area contributed by atoms with Crippen molar-refractivity contribution in [2.75, 3.05) is 0 Å². The number of amides is 1. The van der Waals surface area contributed by atoms with Crippen molar-refractivity contribution < 1.29 is 26.7 Å². The predicted octanol–water partition coefficient (Wildman–Crippen LogP) is 1.60. The highest BCUT2D eigenvalue weighted by Gasteiger charge is 2.63. The number of alkyl halides is 5. The number of hydrogen-bond acceptors (Lipinski definition) is 2. The van der Waals surface area contributed by atoms with Crippen molar-refractivity contribution in [3.05, 3.63) is 0 Å². The molecule has 1 amide bonds. The van der Waals surface area contributed by atoms with Gasteiger partial charge < -0.3 is 5.32 Å². The minimum atomic E-state index is -5.97. The summed E-state index contributed by atoms with van der Waals surface area (Å²) in [5.41, 5.74) is -1.79. The van der Waals surface area contributed by atoms with Gasteiger partial charge in [-0.25, -0.2) is 0 Å². The Morgan fingerprint density at radius 2 is 1.60 bits per heavy atom. The summed E-state index contributed by atoms with van der Waals surface area (Å²) in [5.74, 6) is -8.04. The second-order valence-corrected chi connectivity index (χ2v) is 3.26. The molecule has 0 spiro atoms. The number of nitrogens with one attached hydrogen (secondary N) is 1. The molecule has 0 aromatic rings. The summed E-state index contributed by atoms with van der Waals surface area (Å²) >= 11 is 0. The lowest BCUT2D eigenvalue weighted by molar-refractivity contribution is -0.270. The summed E-state index contributed by atoms with van der Waals surface area (Å²) < 4.78 is 59.7. The molecule has 0 saturated carbocycles. The lowest BCUT2D eigenvalue weighted by Gasteiger charge is -2.23. The van der Waals surface area contributed by atoms with E-state index in [-0.39, 0.29) is 0 Å². The second-order valence-electron chi connectivity index (χ2n) is 3.26. The maximum absolute atomic E-state index is 12.3. The quantitative estimate of drug-likeness (QED) is 0.732. The van der Waals surface area contributed by atoms with Gasteiger partial charge in [-0.1, -0.05) is 0 Å². The maximum Gasteiger partial charge on any atom is 0.463 e. The number of hydrogen-bond donors (Lipinski definition) is 1. The van der Waals surface area contributed by atoms with Crippen molar-refractivity contribution in [2.24, 2.45) is 0 Å². The van der Waals surface area contributed by atoms with E-state index in [9.17, 15) is 26.7 Å². The Bertz CT molecular complexity index is 301. The summed E-state index contributed by atoms with van der Waals surface area (Å²) in [7, 11) is 0. The fourth-order valence-electron chi connectivity index (χ4n) is 0.519. The molecule has 8 heteroatoms. The van der Waals surface area contributed by atoms with Crippen molar-refractivity contribution in [1.82, 2.24) is 5.32 Å². The molecule has 3 nitrogen and oxygen atoms in total. The topological polar surface area (TPSA) is 52.9 Å². The predicted molar refractivity (Wildman–Crippen MR) is 38.8 cm³/mol. The Balaban J connectivity index is 4.84. The Hall–Kier alpha value is -1.39. The lowest BCUT2D eigenvalue weighted by Crippen LogP contribution is -2.55. The van der Waals surface area contributed by atoms with Gasteiger partial charge in [0.15, 0.2) is 0 Å². The number of nitrogens with zero attached hydrogens (tertiary/aromatic N) is 1. The van der Waals surface area contributed by atoms with Crippen LogP contribution in [-0.4, -0.2) is 23.5 Å². The van der Waals surface area contributed by atoms with Crippen LogP contribution in [0.2, 0.25) is 0 Å². The van der Waals surface area contributed by atoms with Gasteiger partial charge in [0, 0.05) is 0 Å². The standard InChI is InChI=1S/C7H7F5N2O/c1-5(2,3-13)14-4(15)6(8,9)7(10,11)12/h1-2H3,(H,14,15). The maximum atomic E-state index is 12.3. The summed E-state index contributed by atoms with van der Waals surface area (Å²) in [4.78, 5) is 10.6. The van der Waals surface area contributed by atoms with Crippen LogP contribution in [0.1, 0.15) is 13.8 Å². The lowest BCUT2D eigenvalue weighted by atomic mass is 10.1. The fraction of sp³-hybridized carbons (Fsp3) is 0.714. The minimum Gasteiger partial charge on any atom is -0.333 e. The van der Waals surface area contributed by atoms with E-state index >= 15 is 0 Å². The molecule has 0 aliphatic rings. The molecule has 86 valence electrons. The van der Waals surface area contributed by atoms with Crippen molar-refractivity contribution in [1.29, 1.82) is 5.26 Å². The first-order valence-corrected chi connectivity index (χ1v) is 3.62. The van der Waals surface area contributed by atoms with E-state index in [0.29, 0.717) is 0 Å². The molecule has 0 radical (unpaired) electrons. The Morgan fingerprint density at radius 3 is 1.87 bits per heavy atom. The van der Waals surface area contributed by atoms with Crippen molar-refractivity contribution in [3.63, 3.8) is 0 Å². The van der Waals surface area contributed by atoms with Gasteiger partial charge in [0.2, 0.25) is 0 Å². The third kappa shape index (κ3) is 3.04. The van der Waals surface area contributed by atoms with Crippen LogP contribution < -0.4 is 5.32 Å². The van der Waals surface area contributed by atoms with Gasteiger partial charge in [-0.05, 0) is 13.8 Å². The normalized spacial score (nSPS) is 13.2. The molecule has 0 atom stereocenters. The van der Waals surface area contributed by atoms with Crippen LogP contribution in [0.3, 0.4) is 0 Å². The second kappa shape index (κ2) is 3.64. The van der Waals surface area contributed by atoms with Crippen LogP contribution in [0.15, 0.2) is 0 Å². The highest BCUT2D eigenvalue weighted by atomic mass is 19.4. The molecule has 0 aliphatic heterocycles. The molecular weight excluding hydrogens is 223 g/mol. The van der Waals surface area contributed by atoms with Gasteiger partial charge in [-0.3, -0.25) is 4.79 Å². The van der Waals surface area contributed by atoms with Crippen LogP contribution in [0.4, 0.5) is 22.0 Å². The first-order valence-electron chi connectivity index (χ1n) is 3.62. The smallest absolute Gasteiger partial charge is 0.333 e. The highest BCUT2D eigenvalue weighted by Crippen LogP contribution is 2.35. The summed E-state index contributed by atoms with van der Waals surface area (Å²) in [6, 6.07) is 1.36. The Morgan fingerprint density at radius 1 is 1.20 bits per heavy atom.